The Morgan fingerprint density at radius 2 is 1.95 bits per heavy atom. The predicted molar refractivity (Wildman–Crippen MR) is 73.2 cm³/mol. The van der Waals surface area contributed by atoms with Crippen LogP contribution >= 0.6 is 0 Å². The molecular formula is C14H18F2N4O. The normalized spacial score (nSPS) is 30.0. The molecule has 21 heavy (non-hydrogen) atoms. The Morgan fingerprint density at radius 1 is 1.29 bits per heavy atom. The minimum atomic E-state index is -2.49. The number of hydrogen-bond acceptors (Lipinski definition) is 3. The molecule has 1 aromatic heterocycles. The van der Waals surface area contributed by atoms with E-state index in [0.717, 1.165) is 5.69 Å². The van der Waals surface area contributed by atoms with Gasteiger partial charge in [0.1, 0.15) is 0 Å². The summed E-state index contributed by atoms with van der Waals surface area (Å²) in [6, 6.07) is -0.415. The van der Waals surface area contributed by atoms with Crippen molar-refractivity contribution in [1.82, 2.24) is 15.3 Å². The number of amides is 2. The number of carbonyl (C=O) groups excluding carboxylic acids is 1. The van der Waals surface area contributed by atoms with Crippen LogP contribution in [-0.4, -0.2) is 28.0 Å². The van der Waals surface area contributed by atoms with Crippen LogP contribution in [0.3, 0.4) is 0 Å². The van der Waals surface area contributed by atoms with E-state index < -0.39 is 11.3 Å². The zero-order valence-electron chi connectivity index (χ0n) is 11.8. The van der Waals surface area contributed by atoms with Crippen molar-refractivity contribution in [2.24, 2.45) is 5.41 Å². The smallest absolute Gasteiger partial charge is 0.320 e. The Morgan fingerprint density at radius 3 is 2.48 bits per heavy atom. The molecule has 2 amide bonds. The van der Waals surface area contributed by atoms with Crippen LogP contribution in [0.15, 0.2) is 12.4 Å². The number of hydrogen-bond donors (Lipinski definition) is 2. The Hall–Kier alpha value is -1.79. The summed E-state index contributed by atoms with van der Waals surface area (Å²) in [5.41, 5.74) is -0.00622. The lowest BCUT2D eigenvalue weighted by atomic mass is 9.83. The Kier molecular flexibility index (Phi) is 3.30. The third-order valence-corrected chi connectivity index (χ3v) is 4.51. The predicted octanol–water partition coefficient (Wildman–Crippen LogP) is 2.87. The molecule has 2 fully saturated rings. The summed E-state index contributed by atoms with van der Waals surface area (Å²) < 4.78 is 26.5. The van der Waals surface area contributed by atoms with Crippen molar-refractivity contribution in [1.29, 1.82) is 0 Å². The second-order valence-electron chi connectivity index (χ2n) is 6.08. The first kappa shape index (κ1) is 14.2. The SMILES string of the molecule is Cc1cnc(NC(=O)NC2CCC3(CC2)CC3(F)F)cn1. The van der Waals surface area contributed by atoms with Gasteiger partial charge in [-0.3, -0.25) is 10.3 Å². The van der Waals surface area contributed by atoms with E-state index in [9.17, 15) is 13.6 Å². The van der Waals surface area contributed by atoms with E-state index in [1.807, 2.05) is 6.92 Å². The van der Waals surface area contributed by atoms with Gasteiger partial charge in [0.2, 0.25) is 0 Å². The van der Waals surface area contributed by atoms with Gasteiger partial charge in [-0.25, -0.2) is 18.6 Å². The molecule has 0 aromatic carbocycles. The molecule has 5 nitrogen and oxygen atoms in total. The lowest BCUT2D eigenvalue weighted by Gasteiger charge is -2.29. The number of nitrogens with one attached hydrogen (secondary N) is 2. The van der Waals surface area contributed by atoms with Crippen molar-refractivity contribution in [2.45, 2.75) is 51.0 Å². The average molecular weight is 296 g/mol. The van der Waals surface area contributed by atoms with Gasteiger partial charge in [0.15, 0.2) is 5.82 Å². The van der Waals surface area contributed by atoms with Crippen molar-refractivity contribution >= 4 is 11.8 Å². The number of nitrogens with zero attached hydrogens (tertiary/aromatic N) is 2. The number of aryl methyl sites for hydroxylation is 1. The molecule has 1 aromatic rings. The quantitative estimate of drug-likeness (QED) is 0.882. The van der Waals surface area contributed by atoms with E-state index in [1.54, 1.807) is 6.20 Å². The zero-order valence-corrected chi connectivity index (χ0v) is 11.8. The van der Waals surface area contributed by atoms with Crippen LogP contribution < -0.4 is 10.6 Å². The topological polar surface area (TPSA) is 66.9 Å². The van der Waals surface area contributed by atoms with Crippen LogP contribution in [0, 0.1) is 12.3 Å². The number of halogens is 2. The van der Waals surface area contributed by atoms with Crippen molar-refractivity contribution in [3.8, 4) is 0 Å². The Bertz CT molecular complexity index is 538. The van der Waals surface area contributed by atoms with Crippen LogP contribution in [0.1, 0.15) is 37.8 Å². The van der Waals surface area contributed by atoms with Gasteiger partial charge in [0.25, 0.3) is 5.92 Å². The fourth-order valence-corrected chi connectivity index (χ4v) is 3.03. The van der Waals surface area contributed by atoms with Crippen LogP contribution in [0.2, 0.25) is 0 Å². The zero-order chi connectivity index (χ0) is 15.1. The maximum Gasteiger partial charge on any atom is 0.320 e. The van der Waals surface area contributed by atoms with E-state index in [-0.39, 0.29) is 18.5 Å². The summed E-state index contributed by atoms with van der Waals surface area (Å²) in [6.07, 6.45) is 5.22. The number of rotatable bonds is 2. The summed E-state index contributed by atoms with van der Waals surface area (Å²) in [6.45, 7) is 1.81. The van der Waals surface area contributed by atoms with Crippen molar-refractivity contribution in [3.05, 3.63) is 18.1 Å². The second-order valence-corrected chi connectivity index (χ2v) is 6.08. The van der Waals surface area contributed by atoms with Crippen LogP contribution in [-0.2, 0) is 0 Å². The summed E-state index contributed by atoms with van der Waals surface area (Å²) in [5, 5.41) is 5.41. The van der Waals surface area contributed by atoms with Gasteiger partial charge in [-0.1, -0.05) is 0 Å². The third-order valence-electron chi connectivity index (χ3n) is 4.51. The second kappa shape index (κ2) is 4.89. The number of aromatic nitrogens is 2. The highest BCUT2D eigenvalue weighted by Crippen LogP contribution is 2.67. The molecule has 0 bridgehead atoms. The first-order valence-corrected chi connectivity index (χ1v) is 7.14. The number of alkyl halides is 2. The van der Waals surface area contributed by atoms with E-state index >= 15 is 0 Å². The van der Waals surface area contributed by atoms with Gasteiger partial charge in [0.05, 0.1) is 18.1 Å². The molecule has 2 N–H and O–H groups in total. The lowest BCUT2D eigenvalue weighted by molar-refractivity contribution is 0.0446. The molecule has 1 heterocycles. The van der Waals surface area contributed by atoms with E-state index in [0.29, 0.717) is 31.5 Å². The molecule has 0 saturated heterocycles. The summed E-state index contributed by atoms with van der Waals surface area (Å²) in [7, 11) is 0. The van der Waals surface area contributed by atoms with Crippen LogP contribution in [0.5, 0.6) is 0 Å². The minimum absolute atomic E-state index is 0.0118. The van der Waals surface area contributed by atoms with Gasteiger partial charge in [-0.15, -0.1) is 0 Å². The number of urea groups is 1. The summed E-state index contributed by atoms with van der Waals surface area (Å²) in [5.74, 6) is -2.11. The molecule has 3 rings (SSSR count). The molecule has 0 unspecified atom stereocenters. The fraction of sp³-hybridized carbons (Fsp3) is 0.643. The van der Waals surface area contributed by atoms with Crippen molar-refractivity contribution < 1.29 is 13.6 Å². The first-order chi connectivity index (χ1) is 9.90. The van der Waals surface area contributed by atoms with Crippen LogP contribution in [0.25, 0.3) is 0 Å². The number of carbonyl (C=O) groups is 1. The molecule has 2 aliphatic carbocycles. The maximum absolute atomic E-state index is 13.3. The highest BCUT2D eigenvalue weighted by molar-refractivity contribution is 5.88. The van der Waals surface area contributed by atoms with Gasteiger partial charge in [-0.2, -0.15) is 0 Å². The molecule has 114 valence electrons. The Balaban J connectivity index is 1.47. The van der Waals surface area contributed by atoms with Crippen molar-refractivity contribution in [2.75, 3.05) is 5.32 Å². The van der Waals surface area contributed by atoms with Crippen molar-refractivity contribution in [3.63, 3.8) is 0 Å². The first-order valence-electron chi connectivity index (χ1n) is 7.14. The highest BCUT2D eigenvalue weighted by atomic mass is 19.3. The average Bonchev–Trinajstić information content (AvgIpc) is 2.96. The molecule has 0 atom stereocenters. The summed E-state index contributed by atoms with van der Waals surface area (Å²) in [4.78, 5) is 19.9. The lowest BCUT2D eigenvalue weighted by Crippen LogP contribution is -2.41. The fourth-order valence-electron chi connectivity index (χ4n) is 3.03. The van der Waals surface area contributed by atoms with Crippen LogP contribution in [0.4, 0.5) is 19.4 Å². The molecule has 7 heteroatoms. The van der Waals surface area contributed by atoms with Gasteiger partial charge >= 0.3 is 6.03 Å². The van der Waals surface area contributed by atoms with Gasteiger partial charge in [0, 0.05) is 17.9 Å². The third kappa shape index (κ3) is 2.82. The standard InChI is InChI=1S/C14H18F2N4O/c1-9-6-18-11(7-17-9)20-12(21)19-10-2-4-13(5-3-10)8-14(13,15)16/h6-7,10H,2-5,8H2,1H3,(H2,18,19,20,21). The minimum Gasteiger partial charge on any atom is -0.335 e. The Labute approximate surface area is 121 Å². The molecule has 2 saturated carbocycles. The molecule has 0 aliphatic heterocycles. The highest BCUT2D eigenvalue weighted by Gasteiger charge is 2.70. The van der Waals surface area contributed by atoms with Gasteiger partial charge in [-0.05, 0) is 32.6 Å². The monoisotopic (exact) mass is 296 g/mol. The largest absolute Gasteiger partial charge is 0.335 e. The molecule has 1 spiro atoms. The summed E-state index contributed by atoms with van der Waals surface area (Å²) >= 11 is 0. The molecular weight excluding hydrogens is 278 g/mol. The van der Waals surface area contributed by atoms with E-state index in [4.69, 9.17) is 0 Å². The molecule has 2 aliphatic rings. The van der Waals surface area contributed by atoms with E-state index in [1.165, 1.54) is 6.20 Å². The van der Waals surface area contributed by atoms with E-state index in [2.05, 4.69) is 20.6 Å². The molecule has 0 radical (unpaired) electrons. The number of anilines is 1. The maximum atomic E-state index is 13.3. The van der Waals surface area contributed by atoms with Gasteiger partial charge < -0.3 is 5.32 Å².